The topological polar surface area (TPSA) is 83.0 Å². The number of nitrogens with one attached hydrogen (secondary N) is 1. The lowest BCUT2D eigenvalue weighted by molar-refractivity contribution is -0.137. The number of carboxylic acids is 1. The van der Waals surface area contributed by atoms with Gasteiger partial charge in [0.1, 0.15) is 4.83 Å². The number of carboxylic acid groups (broad SMARTS) is 1. The van der Waals surface area contributed by atoms with Crippen LogP contribution in [0.5, 0.6) is 0 Å². The summed E-state index contributed by atoms with van der Waals surface area (Å²) in [5.74, 6) is -0.0158. The Kier molecular flexibility index (Phi) is 4.82. The van der Waals surface area contributed by atoms with Gasteiger partial charge >= 0.3 is 5.97 Å². The molecule has 5 nitrogen and oxygen atoms in total. The summed E-state index contributed by atoms with van der Waals surface area (Å²) < 4.78 is 0. The first-order valence-electron chi connectivity index (χ1n) is 6.33. The third-order valence-electron chi connectivity index (χ3n) is 3.04. The number of hydrogen-bond acceptors (Lipinski definition) is 5. The smallest absolute Gasteiger partial charge is 0.303 e. The molecule has 2 heterocycles. The van der Waals surface area contributed by atoms with Crippen LogP contribution in [0.15, 0.2) is 9.95 Å². The molecule has 2 aromatic heterocycles. The van der Waals surface area contributed by atoms with Gasteiger partial charge in [0.2, 0.25) is 0 Å². The molecule has 0 bridgehead atoms. The molecule has 0 amide bonds. The van der Waals surface area contributed by atoms with E-state index in [1.165, 1.54) is 23.1 Å². The summed E-state index contributed by atoms with van der Waals surface area (Å²) >= 11 is 3.00. The molecule has 0 unspecified atom stereocenters. The number of fused-ring (bicyclic) bond motifs is 1. The van der Waals surface area contributed by atoms with E-state index in [4.69, 9.17) is 5.11 Å². The van der Waals surface area contributed by atoms with Crippen LogP contribution in [-0.2, 0) is 4.79 Å². The Morgan fingerprint density at radius 2 is 2.15 bits per heavy atom. The van der Waals surface area contributed by atoms with Crippen molar-refractivity contribution in [1.29, 1.82) is 0 Å². The van der Waals surface area contributed by atoms with E-state index in [0.29, 0.717) is 17.0 Å². The third kappa shape index (κ3) is 3.40. The molecule has 0 saturated heterocycles. The molecule has 0 radical (unpaired) electrons. The zero-order valence-electron chi connectivity index (χ0n) is 11.4. The van der Waals surface area contributed by atoms with Crippen molar-refractivity contribution in [2.24, 2.45) is 0 Å². The lowest BCUT2D eigenvalue weighted by Gasteiger charge is -2.00. The van der Waals surface area contributed by atoms with Gasteiger partial charge in [-0.3, -0.25) is 9.59 Å². The van der Waals surface area contributed by atoms with E-state index in [9.17, 15) is 9.59 Å². The van der Waals surface area contributed by atoms with Crippen LogP contribution in [-0.4, -0.2) is 26.8 Å². The second-order valence-electron chi connectivity index (χ2n) is 4.53. The number of rotatable bonds is 6. The second kappa shape index (κ2) is 6.41. The van der Waals surface area contributed by atoms with Gasteiger partial charge in [-0.25, -0.2) is 4.98 Å². The van der Waals surface area contributed by atoms with E-state index in [1.54, 1.807) is 0 Å². The highest BCUT2D eigenvalue weighted by Gasteiger charge is 2.11. The number of thioether (sulfide) groups is 1. The SMILES string of the molecule is Cc1sc2nc(SCCCCC(=O)O)[nH]c(=O)c2c1C. The van der Waals surface area contributed by atoms with Gasteiger partial charge in [0, 0.05) is 17.1 Å². The van der Waals surface area contributed by atoms with E-state index >= 15 is 0 Å². The first-order valence-corrected chi connectivity index (χ1v) is 8.14. The van der Waals surface area contributed by atoms with E-state index in [0.717, 1.165) is 27.4 Å². The van der Waals surface area contributed by atoms with Gasteiger partial charge in [-0.15, -0.1) is 11.3 Å². The van der Waals surface area contributed by atoms with Crippen molar-refractivity contribution >= 4 is 39.3 Å². The van der Waals surface area contributed by atoms with Crippen LogP contribution in [0.4, 0.5) is 0 Å². The monoisotopic (exact) mass is 312 g/mol. The van der Waals surface area contributed by atoms with E-state index in [2.05, 4.69) is 9.97 Å². The van der Waals surface area contributed by atoms with Gasteiger partial charge in [-0.1, -0.05) is 11.8 Å². The van der Waals surface area contributed by atoms with Crippen molar-refractivity contribution < 1.29 is 9.90 Å². The molecule has 0 spiro atoms. The highest BCUT2D eigenvalue weighted by Crippen LogP contribution is 2.27. The maximum atomic E-state index is 12.0. The van der Waals surface area contributed by atoms with Crippen molar-refractivity contribution in [3.8, 4) is 0 Å². The molecule has 20 heavy (non-hydrogen) atoms. The molecule has 0 aromatic carbocycles. The van der Waals surface area contributed by atoms with Crippen LogP contribution in [0, 0.1) is 13.8 Å². The van der Waals surface area contributed by atoms with Gasteiger partial charge in [-0.05, 0) is 32.3 Å². The Hall–Kier alpha value is -1.34. The van der Waals surface area contributed by atoms with Crippen molar-refractivity contribution in [2.45, 2.75) is 38.3 Å². The average molecular weight is 312 g/mol. The molecule has 0 fully saturated rings. The van der Waals surface area contributed by atoms with Gasteiger partial charge in [0.25, 0.3) is 5.56 Å². The number of carbonyl (C=O) groups is 1. The largest absolute Gasteiger partial charge is 0.481 e. The Balaban J connectivity index is 2.05. The minimum Gasteiger partial charge on any atom is -0.481 e. The second-order valence-corrected chi connectivity index (χ2v) is 6.82. The molecule has 0 aliphatic rings. The number of H-pyrrole nitrogens is 1. The molecule has 2 rings (SSSR count). The number of hydrogen-bond donors (Lipinski definition) is 2. The number of nitrogens with zero attached hydrogens (tertiary/aromatic N) is 1. The van der Waals surface area contributed by atoms with Gasteiger partial charge in [0.05, 0.1) is 5.39 Å². The maximum absolute atomic E-state index is 12.0. The lowest BCUT2D eigenvalue weighted by Crippen LogP contribution is -2.08. The summed E-state index contributed by atoms with van der Waals surface area (Å²) in [6, 6.07) is 0. The number of thiophene rings is 1. The molecular weight excluding hydrogens is 296 g/mol. The zero-order valence-corrected chi connectivity index (χ0v) is 13.0. The molecule has 2 N–H and O–H groups in total. The van der Waals surface area contributed by atoms with Crippen molar-refractivity contribution in [1.82, 2.24) is 9.97 Å². The summed E-state index contributed by atoms with van der Waals surface area (Å²) in [6.45, 7) is 3.92. The van der Waals surface area contributed by atoms with Crippen molar-refractivity contribution in [3.05, 3.63) is 20.8 Å². The zero-order chi connectivity index (χ0) is 14.7. The van der Waals surface area contributed by atoms with Gasteiger partial charge < -0.3 is 10.1 Å². The Morgan fingerprint density at radius 1 is 1.40 bits per heavy atom. The predicted octanol–water partition coefficient (Wildman–Crippen LogP) is 2.95. The van der Waals surface area contributed by atoms with Crippen LogP contribution in [0.25, 0.3) is 10.2 Å². The standard InChI is InChI=1S/C13H16N2O3S2/c1-7-8(2)20-12-10(7)11(18)14-13(15-12)19-6-4-3-5-9(16)17/h3-6H2,1-2H3,(H,16,17)(H,14,15,18). The minimum atomic E-state index is -0.771. The summed E-state index contributed by atoms with van der Waals surface area (Å²) in [5, 5.41) is 9.84. The molecule has 108 valence electrons. The fourth-order valence-electron chi connectivity index (χ4n) is 1.85. The van der Waals surface area contributed by atoms with Crippen molar-refractivity contribution in [2.75, 3.05) is 5.75 Å². The average Bonchev–Trinajstić information content (AvgIpc) is 2.64. The number of unbranched alkanes of at least 4 members (excludes halogenated alkanes) is 1. The summed E-state index contributed by atoms with van der Waals surface area (Å²) in [5.41, 5.74) is 0.904. The summed E-state index contributed by atoms with van der Waals surface area (Å²) in [7, 11) is 0. The highest BCUT2D eigenvalue weighted by molar-refractivity contribution is 7.99. The van der Waals surface area contributed by atoms with Crippen LogP contribution >= 0.6 is 23.1 Å². The van der Waals surface area contributed by atoms with Crippen LogP contribution in [0.3, 0.4) is 0 Å². The molecule has 0 aliphatic carbocycles. The third-order valence-corrected chi connectivity index (χ3v) is 5.10. The first-order chi connectivity index (χ1) is 9.49. The number of aliphatic carboxylic acids is 1. The normalized spacial score (nSPS) is 11.1. The molecule has 0 aliphatic heterocycles. The first kappa shape index (κ1) is 15.1. The Morgan fingerprint density at radius 3 is 2.85 bits per heavy atom. The summed E-state index contributed by atoms with van der Waals surface area (Å²) in [4.78, 5) is 31.6. The number of aromatic nitrogens is 2. The number of aromatic amines is 1. The molecule has 0 saturated carbocycles. The van der Waals surface area contributed by atoms with Crippen LogP contribution < -0.4 is 5.56 Å². The van der Waals surface area contributed by atoms with E-state index < -0.39 is 5.97 Å². The van der Waals surface area contributed by atoms with E-state index in [1.807, 2.05) is 13.8 Å². The maximum Gasteiger partial charge on any atom is 0.303 e. The fraction of sp³-hybridized carbons (Fsp3) is 0.462. The highest BCUT2D eigenvalue weighted by atomic mass is 32.2. The lowest BCUT2D eigenvalue weighted by atomic mass is 10.2. The molecule has 7 heteroatoms. The molecule has 2 aromatic rings. The minimum absolute atomic E-state index is 0.0927. The summed E-state index contributed by atoms with van der Waals surface area (Å²) in [6.07, 6.45) is 1.63. The van der Waals surface area contributed by atoms with Crippen LogP contribution in [0.2, 0.25) is 0 Å². The van der Waals surface area contributed by atoms with Crippen LogP contribution in [0.1, 0.15) is 29.7 Å². The fourth-order valence-corrected chi connectivity index (χ4v) is 3.80. The quantitative estimate of drug-likeness (QED) is 0.487. The Bertz CT molecular complexity index is 691. The molecule has 0 atom stereocenters. The molecular formula is C13H16N2O3S2. The number of aryl methyl sites for hydroxylation is 2. The predicted molar refractivity (Wildman–Crippen MR) is 81.9 cm³/mol. The van der Waals surface area contributed by atoms with Gasteiger partial charge in [0.15, 0.2) is 5.16 Å². The van der Waals surface area contributed by atoms with Crippen molar-refractivity contribution in [3.63, 3.8) is 0 Å². The van der Waals surface area contributed by atoms with E-state index in [-0.39, 0.29) is 12.0 Å². The Labute approximate surface area is 124 Å². The van der Waals surface area contributed by atoms with Gasteiger partial charge in [-0.2, -0.15) is 0 Å².